The lowest BCUT2D eigenvalue weighted by atomic mass is 10.1. The Morgan fingerprint density at radius 2 is 1.87 bits per heavy atom. The number of likely N-dealkylation sites (tertiary alicyclic amines) is 2. The van der Waals surface area contributed by atoms with E-state index in [0.29, 0.717) is 19.1 Å². The molecule has 0 amide bonds. The van der Waals surface area contributed by atoms with E-state index >= 15 is 0 Å². The highest BCUT2D eigenvalue weighted by Gasteiger charge is 2.29. The SMILES string of the molecule is CN=C(NCCNS(C)(=O)=O)N1CCC(N2CCCCC2)C1.I. The van der Waals surface area contributed by atoms with Gasteiger partial charge in [-0.15, -0.1) is 24.0 Å². The van der Waals surface area contributed by atoms with Gasteiger partial charge in [-0.1, -0.05) is 6.42 Å². The molecule has 2 N–H and O–H groups in total. The largest absolute Gasteiger partial charge is 0.355 e. The molecule has 0 aromatic rings. The molecule has 7 nitrogen and oxygen atoms in total. The third kappa shape index (κ3) is 7.10. The molecule has 2 aliphatic heterocycles. The maximum absolute atomic E-state index is 11.0. The summed E-state index contributed by atoms with van der Waals surface area (Å²) in [5.41, 5.74) is 0. The van der Waals surface area contributed by atoms with E-state index in [1.54, 1.807) is 7.05 Å². The van der Waals surface area contributed by atoms with Crippen molar-refractivity contribution < 1.29 is 8.42 Å². The van der Waals surface area contributed by atoms with E-state index in [9.17, 15) is 8.42 Å². The average Bonchev–Trinajstić information content (AvgIpc) is 2.97. The topological polar surface area (TPSA) is 77.0 Å². The van der Waals surface area contributed by atoms with Gasteiger partial charge in [0.1, 0.15) is 0 Å². The van der Waals surface area contributed by atoms with Crippen LogP contribution in [0.4, 0.5) is 0 Å². The summed E-state index contributed by atoms with van der Waals surface area (Å²) in [6.45, 7) is 5.40. The van der Waals surface area contributed by atoms with Gasteiger partial charge in [-0.05, 0) is 32.4 Å². The van der Waals surface area contributed by atoms with E-state index in [1.165, 1.54) is 45.0 Å². The highest BCUT2D eigenvalue weighted by atomic mass is 127. The van der Waals surface area contributed by atoms with E-state index in [4.69, 9.17) is 0 Å². The van der Waals surface area contributed by atoms with E-state index in [-0.39, 0.29) is 24.0 Å². The molecule has 0 aliphatic carbocycles. The molecule has 2 aliphatic rings. The van der Waals surface area contributed by atoms with Crippen LogP contribution in [0, 0.1) is 0 Å². The lowest BCUT2D eigenvalue weighted by Gasteiger charge is -2.32. The third-order valence-electron chi connectivity index (χ3n) is 4.35. The molecule has 23 heavy (non-hydrogen) atoms. The molecule has 2 heterocycles. The summed E-state index contributed by atoms with van der Waals surface area (Å²) >= 11 is 0. The number of rotatable bonds is 5. The first kappa shape index (κ1) is 20.9. The van der Waals surface area contributed by atoms with Crippen molar-refractivity contribution in [3.05, 3.63) is 0 Å². The smallest absolute Gasteiger partial charge is 0.208 e. The molecular formula is C14H30IN5O2S. The zero-order chi connectivity index (χ0) is 16.0. The second-order valence-electron chi connectivity index (χ2n) is 6.13. The molecular weight excluding hydrogens is 429 g/mol. The molecule has 0 saturated carbocycles. The van der Waals surface area contributed by atoms with Gasteiger partial charge in [0.15, 0.2) is 5.96 Å². The Morgan fingerprint density at radius 3 is 2.48 bits per heavy atom. The Labute approximate surface area is 157 Å². The van der Waals surface area contributed by atoms with Gasteiger partial charge in [0.2, 0.25) is 10.0 Å². The Balaban J connectivity index is 0.00000264. The molecule has 2 rings (SSSR count). The third-order valence-corrected chi connectivity index (χ3v) is 5.08. The predicted molar refractivity (Wildman–Crippen MR) is 105 cm³/mol. The Morgan fingerprint density at radius 1 is 1.17 bits per heavy atom. The molecule has 1 unspecified atom stereocenters. The first-order chi connectivity index (χ1) is 10.5. The van der Waals surface area contributed by atoms with Gasteiger partial charge in [0, 0.05) is 39.3 Å². The fraction of sp³-hybridized carbons (Fsp3) is 0.929. The summed E-state index contributed by atoms with van der Waals surface area (Å²) in [5, 5.41) is 3.24. The van der Waals surface area contributed by atoms with E-state index in [1.807, 2.05) is 0 Å². The monoisotopic (exact) mass is 459 g/mol. The van der Waals surface area contributed by atoms with Gasteiger partial charge in [0.25, 0.3) is 0 Å². The maximum atomic E-state index is 11.0. The number of nitrogens with zero attached hydrogens (tertiary/aromatic N) is 3. The van der Waals surface area contributed by atoms with Gasteiger partial charge in [-0.3, -0.25) is 9.89 Å². The molecule has 0 bridgehead atoms. The minimum absolute atomic E-state index is 0. The Bertz CT molecular complexity index is 480. The van der Waals surface area contributed by atoms with Crippen molar-refractivity contribution in [1.29, 1.82) is 0 Å². The number of aliphatic imine (C=N–C) groups is 1. The lowest BCUT2D eigenvalue weighted by Crippen LogP contribution is -2.45. The van der Waals surface area contributed by atoms with Crippen molar-refractivity contribution in [1.82, 2.24) is 19.8 Å². The van der Waals surface area contributed by atoms with Crippen LogP contribution in [-0.2, 0) is 10.0 Å². The van der Waals surface area contributed by atoms with Crippen molar-refractivity contribution in [2.24, 2.45) is 4.99 Å². The van der Waals surface area contributed by atoms with Gasteiger partial charge >= 0.3 is 0 Å². The minimum atomic E-state index is -3.12. The van der Waals surface area contributed by atoms with Gasteiger partial charge in [-0.25, -0.2) is 13.1 Å². The van der Waals surface area contributed by atoms with Crippen molar-refractivity contribution in [2.45, 2.75) is 31.7 Å². The zero-order valence-electron chi connectivity index (χ0n) is 14.1. The fourth-order valence-corrected chi connectivity index (χ4v) is 3.73. The van der Waals surface area contributed by atoms with Crippen LogP contribution in [0.25, 0.3) is 0 Å². The number of nitrogens with one attached hydrogen (secondary N) is 2. The zero-order valence-corrected chi connectivity index (χ0v) is 17.3. The van der Waals surface area contributed by atoms with E-state index in [2.05, 4.69) is 24.8 Å². The normalized spacial score (nSPS) is 23.7. The summed E-state index contributed by atoms with van der Waals surface area (Å²) in [6, 6.07) is 0.632. The quantitative estimate of drug-likeness (QED) is 0.268. The van der Waals surface area contributed by atoms with Crippen LogP contribution in [0.1, 0.15) is 25.7 Å². The molecule has 2 fully saturated rings. The van der Waals surface area contributed by atoms with E-state index < -0.39 is 10.0 Å². The van der Waals surface area contributed by atoms with Gasteiger partial charge in [-0.2, -0.15) is 0 Å². The maximum Gasteiger partial charge on any atom is 0.208 e. The predicted octanol–water partition coefficient (Wildman–Crippen LogP) is 0.289. The number of guanidine groups is 1. The number of sulfonamides is 1. The van der Waals surface area contributed by atoms with E-state index in [0.717, 1.165) is 19.0 Å². The first-order valence-electron chi connectivity index (χ1n) is 8.14. The molecule has 0 radical (unpaired) electrons. The molecule has 2 saturated heterocycles. The molecule has 0 aromatic heterocycles. The van der Waals surface area contributed by atoms with Crippen molar-refractivity contribution in [2.75, 3.05) is 52.6 Å². The molecule has 9 heteroatoms. The summed E-state index contributed by atoms with van der Waals surface area (Å²) in [7, 11) is -1.34. The summed E-state index contributed by atoms with van der Waals surface area (Å²) < 4.78 is 24.5. The summed E-state index contributed by atoms with van der Waals surface area (Å²) in [5.74, 6) is 0.870. The van der Waals surface area contributed by atoms with Crippen molar-refractivity contribution in [3.63, 3.8) is 0 Å². The van der Waals surface area contributed by atoms with Crippen LogP contribution >= 0.6 is 24.0 Å². The van der Waals surface area contributed by atoms with Crippen LogP contribution in [0.5, 0.6) is 0 Å². The highest BCUT2D eigenvalue weighted by molar-refractivity contribution is 14.0. The molecule has 0 aromatic carbocycles. The number of hydrogen-bond acceptors (Lipinski definition) is 4. The standard InChI is InChI=1S/C14H29N5O2S.HI/c1-15-14(16-7-8-17-22(2,20)21)19-11-6-13(12-19)18-9-4-3-5-10-18;/h13,17H,3-12H2,1-2H3,(H,15,16);1H. The minimum Gasteiger partial charge on any atom is -0.355 e. The number of hydrogen-bond donors (Lipinski definition) is 2. The van der Waals surface area contributed by atoms with Crippen LogP contribution in [0.3, 0.4) is 0 Å². The van der Waals surface area contributed by atoms with Crippen LogP contribution < -0.4 is 10.0 Å². The van der Waals surface area contributed by atoms with Crippen molar-refractivity contribution >= 4 is 40.0 Å². The second kappa shape index (κ2) is 10.00. The summed E-state index contributed by atoms with van der Waals surface area (Å²) in [6.07, 6.45) is 6.36. The van der Waals surface area contributed by atoms with Crippen LogP contribution in [0.15, 0.2) is 4.99 Å². The van der Waals surface area contributed by atoms with Crippen LogP contribution in [-0.4, -0.2) is 82.8 Å². The Hall–Kier alpha value is -0.130. The lowest BCUT2D eigenvalue weighted by molar-refractivity contribution is 0.168. The highest BCUT2D eigenvalue weighted by Crippen LogP contribution is 2.20. The molecule has 0 spiro atoms. The van der Waals surface area contributed by atoms with Crippen LogP contribution in [0.2, 0.25) is 0 Å². The number of piperidine rings is 1. The molecule has 1 atom stereocenters. The number of halogens is 1. The first-order valence-corrected chi connectivity index (χ1v) is 10.0. The summed E-state index contributed by atoms with van der Waals surface area (Å²) in [4.78, 5) is 9.21. The van der Waals surface area contributed by atoms with Gasteiger partial charge < -0.3 is 10.2 Å². The fourth-order valence-electron chi connectivity index (χ4n) is 3.26. The Kier molecular flexibility index (Phi) is 9.09. The average molecular weight is 459 g/mol. The molecule has 136 valence electrons. The van der Waals surface area contributed by atoms with Gasteiger partial charge in [0.05, 0.1) is 6.26 Å². The second-order valence-corrected chi connectivity index (χ2v) is 7.96. The van der Waals surface area contributed by atoms with Crippen molar-refractivity contribution in [3.8, 4) is 0 Å².